The molecule has 1 atom stereocenters. The largest absolute Gasteiger partial charge is 0.573 e. The summed E-state index contributed by atoms with van der Waals surface area (Å²) in [6, 6.07) is 18.4. The van der Waals surface area contributed by atoms with Gasteiger partial charge in [-0.2, -0.15) is 0 Å². The van der Waals surface area contributed by atoms with Gasteiger partial charge in [-0.3, -0.25) is 0 Å². The van der Waals surface area contributed by atoms with E-state index in [-0.39, 0.29) is 17.8 Å². The molecule has 0 bridgehead atoms. The van der Waals surface area contributed by atoms with Gasteiger partial charge in [-0.15, -0.1) is 13.2 Å². The first-order chi connectivity index (χ1) is 18.4. The summed E-state index contributed by atoms with van der Waals surface area (Å²) < 4.78 is 59.2. The van der Waals surface area contributed by atoms with E-state index in [4.69, 9.17) is 14.2 Å². The van der Waals surface area contributed by atoms with Gasteiger partial charge in [0.1, 0.15) is 11.5 Å². The monoisotopic (exact) mass is 544 g/mol. The first kappa shape index (κ1) is 29.9. The van der Waals surface area contributed by atoms with E-state index in [0.717, 1.165) is 18.4 Å². The quantitative estimate of drug-likeness (QED) is 0.226. The number of carbonyl (C=O) groups excluding carboxylic acids is 1. The standard InChI is InChI=1S/C31H35F3O5/c1-6-8-9-27(29(35)36-7-2)38-26-19-12-22(21-10-15-25(16-11-21)39-31(32,33)34)20-28(26)37-24-17-13-23(14-18-24)30(3,4)5/h10-20,27H,6-9H2,1-5H3. The van der Waals surface area contributed by atoms with Gasteiger partial charge >= 0.3 is 12.3 Å². The van der Waals surface area contributed by atoms with Gasteiger partial charge in [0.05, 0.1) is 6.61 Å². The van der Waals surface area contributed by atoms with E-state index in [1.807, 2.05) is 31.2 Å². The molecule has 8 heteroatoms. The van der Waals surface area contributed by atoms with Gasteiger partial charge in [-0.05, 0) is 78.3 Å². The summed E-state index contributed by atoms with van der Waals surface area (Å²) >= 11 is 0. The lowest BCUT2D eigenvalue weighted by Crippen LogP contribution is -2.29. The molecular weight excluding hydrogens is 509 g/mol. The molecular formula is C31H35F3O5. The van der Waals surface area contributed by atoms with Crippen molar-refractivity contribution in [3.8, 4) is 34.1 Å². The molecule has 3 aromatic rings. The van der Waals surface area contributed by atoms with Crippen molar-refractivity contribution in [2.45, 2.75) is 71.8 Å². The predicted molar refractivity (Wildman–Crippen MR) is 144 cm³/mol. The number of rotatable bonds is 11. The molecule has 0 aliphatic carbocycles. The molecule has 0 spiro atoms. The van der Waals surface area contributed by atoms with Crippen LogP contribution in [-0.4, -0.2) is 25.0 Å². The van der Waals surface area contributed by atoms with E-state index >= 15 is 0 Å². The van der Waals surface area contributed by atoms with E-state index in [9.17, 15) is 18.0 Å². The maximum Gasteiger partial charge on any atom is 0.573 e. The molecule has 39 heavy (non-hydrogen) atoms. The lowest BCUT2D eigenvalue weighted by Gasteiger charge is -2.21. The van der Waals surface area contributed by atoms with Crippen LogP contribution in [0.2, 0.25) is 0 Å². The number of unbranched alkanes of at least 4 members (excludes halogenated alkanes) is 1. The summed E-state index contributed by atoms with van der Waals surface area (Å²) in [5, 5.41) is 0. The molecule has 0 aromatic heterocycles. The van der Waals surface area contributed by atoms with Crippen LogP contribution < -0.4 is 14.2 Å². The normalized spacial score (nSPS) is 12.5. The number of hydrogen-bond donors (Lipinski definition) is 0. The summed E-state index contributed by atoms with van der Waals surface area (Å²) in [4.78, 5) is 12.6. The van der Waals surface area contributed by atoms with Crippen LogP contribution in [-0.2, 0) is 14.9 Å². The Morgan fingerprint density at radius 2 is 1.44 bits per heavy atom. The third kappa shape index (κ3) is 8.94. The topological polar surface area (TPSA) is 54.0 Å². The number of carbonyl (C=O) groups is 1. The highest BCUT2D eigenvalue weighted by molar-refractivity contribution is 5.75. The minimum absolute atomic E-state index is 0.0269. The van der Waals surface area contributed by atoms with E-state index in [1.165, 1.54) is 24.3 Å². The zero-order chi connectivity index (χ0) is 28.6. The zero-order valence-corrected chi connectivity index (χ0v) is 22.9. The lowest BCUT2D eigenvalue weighted by molar-refractivity contribution is -0.274. The van der Waals surface area contributed by atoms with Crippen LogP contribution in [0, 0.1) is 0 Å². The summed E-state index contributed by atoms with van der Waals surface area (Å²) in [5.41, 5.74) is 2.45. The smallest absolute Gasteiger partial charge is 0.475 e. The first-order valence-electron chi connectivity index (χ1n) is 13.0. The van der Waals surface area contributed by atoms with Gasteiger partial charge in [0, 0.05) is 0 Å². The van der Waals surface area contributed by atoms with Crippen LogP contribution in [0.25, 0.3) is 11.1 Å². The third-order valence-electron chi connectivity index (χ3n) is 5.95. The summed E-state index contributed by atoms with van der Waals surface area (Å²) in [5.74, 6) is 0.521. The molecule has 0 amide bonds. The van der Waals surface area contributed by atoms with Crippen molar-refractivity contribution in [3.63, 3.8) is 0 Å². The van der Waals surface area contributed by atoms with Crippen molar-refractivity contribution in [3.05, 3.63) is 72.3 Å². The molecule has 0 radical (unpaired) electrons. The van der Waals surface area contributed by atoms with Crippen LogP contribution >= 0.6 is 0 Å². The molecule has 1 unspecified atom stereocenters. The second-order valence-electron chi connectivity index (χ2n) is 10.1. The number of hydrogen-bond acceptors (Lipinski definition) is 5. The molecule has 210 valence electrons. The van der Waals surface area contributed by atoms with Gasteiger partial charge in [0.2, 0.25) is 0 Å². The Hall–Kier alpha value is -3.68. The van der Waals surface area contributed by atoms with Crippen molar-refractivity contribution < 1.29 is 36.9 Å². The van der Waals surface area contributed by atoms with Gasteiger partial charge < -0.3 is 18.9 Å². The Morgan fingerprint density at radius 1 is 0.821 bits per heavy atom. The van der Waals surface area contributed by atoms with Crippen LogP contribution in [0.3, 0.4) is 0 Å². The van der Waals surface area contributed by atoms with Gasteiger partial charge in [0.15, 0.2) is 17.6 Å². The van der Waals surface area contributed by atoms with Crippen LogP contribution in [0.1, 0.15) is 59.4 Å². The highest BCUT2D eigenvalue weighted by atomic mass is 19.4. The fraction of sp³-hybridized carbons (Fsp3) is 0.387. The molecule has 0 saturated carbocycles. The maximum absolute atomic E-state index is 12.6. The summed E-state index contributed by atoms with van der Waals surface area (Å²) in [7, 11) is 0. The SMILES string of the molecule is CCCCC(Oc1ccc(-c2ccc(OC(F)(F)F)cc2)cc1Oc1ccc(C(C)(C)C)cc1)C(=O)OCC. The number of esters is 1. The molecule has 0 aliphatic rings. The summed E-state index contributed by atoms with van der Waals surface area (Å²) in [6.45, 7) is 10.4. The molecule has 3 aromatic carbocycles. The van der Waals surface area contributed by atoms with Crippen molar-refractivity contribution in [2.75, 3.05) is 6.61 Å². The highest BCUT2D eigenvalue weighted by Crippen LogP contribution is 2.38. The van der Waals surface area contributed by atoms with Crippen molar-refractivity contribution >= 4 is 5.97 Å². The average Bonchev–Trinajstić information content (AvgIpc) is 2.86. The predicted octanol–water partition coefficient (Wildman–Crippen LogP) is 8.84. The zero-order valence-electron chi connectivity index (χ0n) is 22.9. The van der Waals surface area contributed by atoms with Crippen LogP contribution in [0.15, 0.2) is 66.7 Å². The molecule has 0 saturated heterocycles. The molecule has 0 aliphatic heterocycles. The number of halogens is 3. The molecule has 0 heterocycles. The minimum Gasteiger partial charge on any atom is -0.475 e. The van der Waals surface area contributed by atoms with Crippen LogP contribution in [0.4, 0.5) is 13.2 Å². The fourth-order valence-corrected chi connectivity index (χ4v) is 3.87. The van der Waals surface area contributed by atoms with Crippen molar-refractivity contribution in [2.24, 2.45) is 0 Å². The average molecular weight is 545 g/mol. The third-order valence-corrected chi connectivity index (χ3v) is 5.95. The Bertz CT molecular complexity index is 1210. The minimum atomic E-state index is -4.77. The lowest BCUT2D eigenvalue weighted by atomic mass is 9.87. The molecule has 0 fully saturated rings. The second kappa shape index (κ2) is 12.9. The number of benzene rings is 3. The van der Waals surface area contributed by atoms with E-state index in [0.29, 0.717) is 34.8 Å². The highest BCUT2D eigenvalue weighted by Gasteiger charge is 2.31. The van der Waals surface area contributed by atoms with E-state index in [1.54, 1.807) is 25.1 Å². The Labute approximate surface area is 227 Å². The second-order valence-corrected chi connectivity index (χ2v) is 10.1. The molecule has 3 rings (SSSR count). The van der Waals surface area contributed by atoms with E-state index < -0.39 is 18.4 Å². The Kier molecular flexibility index (Phi) is 9.89. The molecule has 0 N–H and O–H groups in total. The fourth-order valence-electron chi connectivity index (χ4n) is 3.87. The number of alkyl halides is 3. The number of ether oxygens (including phenoxy) is 4. The van der Waals surface area contributed by atoms with Gasteiger partial charge in [-0.25, -0.2) is 4.79 Å². The first-order valence-corrected chi connectivity index (χ1v) is 13.0. The van der Waals surface area contributed by atoms with Crippen LogP contribution in [0.5, 0.6) is 23.0 Å². The van der Waals surface area contributed by atoms with Crippen molar-refractivity contribution in [1.29, 1.82) is 0 Å². The van der Waals surface area contributed by atoms with Gasteiger partial charge in [0.25, 0.3) is 0 Å². The van der Waals surface area contributed by atoms with Gasteiger partial charge in [-0.1, -0.05) is 64.4 Å². The van der Waals surface area contributed by atoms with E-state index in [2.05, 4.69) is 25.5 Å². The molecule has 5 nitrogen and oxygen atoms in total. The van der Waals surface area contributed by atoms with Crippen molar-refractivity contribution in [1.82, 2.24) is 0 Å². The maximum atomic E-state index is 12.6. The Balaban J connectivity index is 1.96. The Morgan fingerprint density at radius 3 is 2.00 bits per heavy atom. The summed E-state index contributed by atoms with van der Waals surface area (Å²) in [6.07, 6.45) is -3.43.